The lowest BCUT2D eigenvalue weighted by Crippen LogP contribution is -2.46. The largest absolute Gasteiger partial charge is 0.392 e. The molecule has 4 rings (SSSR count). The zero-order chi connectivity index (χ0) is 13.0. The van der Waals surface area contributed by atoms with E-state index in [2.05, 4.69) is 0 Å². The van der Waals surface area contributed by atoms with Crippen LogP contribution in [0.1, 0.15) is 51.4 Å². The molecule has 3 fully saturated rings. The Hall–Kier alpha value is -0.630. The molecule has 2 nitrogen and oxygen atoms in total. The van der Waals surface area contributed by atoms with Gasteiger partial charge in [-0.2, -0.15) is 0 Å². The van der Waals surface area contributed by atoms with Gasteiger partial charge >= 0.3 is 0 Å². The van der Waals surface area contributed by atoms with Crippen molar-refractivity contribution in [3.63, 3.8) is 0 Å². The molecule has 4 aliphatic rings. The summed E-state index contributed by atoms with van der Waals surface area (Å²) in [7, 11) is 0. The first kappa shape index (κ1) is 12.1. The average molecular weight is 260 g/mol. The predicted octanol–water partition coefficient (Wildman–Crippen LogP) is 3.10. The van der Waals surface area contributed by atoms with Crippen LogP contribution >= 0.6 is 0 Å². The zero-order valence-corrected chi connectivity index (χ0v) is 11.6. The summed E-state index contributed by atoms with van der Waals surface area (Å²) in [6.07, 6.45) is 11.1. The smallest absolute Gasteiger partial charge is 0.158 e. The van der Waals surface area contributed by atoms with Gasteiger partial charge in [0.1, 0.15) is 0 Å². The second-order valence-electron chi connectivity index (χ2n) is 7.28. The topological polar surface area (TPSA) is 37.3 Å². The van der Waals surface area contributed by atoms with Gasteiger partial charge in [0.05, 0.1) is 6.10 Å². The maximum Gasteiger partial charge on any atom is 0.158 e. The van der Waals surface area contributed by atoms with Gasteiger partial charge in [-0.3, -0.25) is 4.79 Å². The second kappa shape index (κ2) is 4.44. The predicted molar refractivity (Wildman–Crippen MR) is 73.5 cm³/mol. The summed E-state index contributed by atoms with van der Waals surface area (Å²) in [6.45, 7) is 0. The van der Waals surface area contributed by atoms with E-state index in [0.29, 0.717) is 18.3 Å². The molecular formula is C17H24O2. The number of aliphatic hydroxyl groups excluding tert-OH is 1. The highest BCUT2D eigenvalue weighted by Gasteiger charge is 2.49. The van der Waals surface area contributed by atoms with Crippen LogP contribution in [0.5, 0.6) is 0 Å². The lowest BCUT2D eigenvalue weighted by Gasteiger charge is -2.50. The number of hydrogen-bond donors (Lipinski definition) is 1. The first-order chi connectivity index (χ1) is 9.24. The van der Waals surface area contributed by atoms with Crippen LogP contribution in [0.2, 0.25) is 0 Å². The quantitative estimate of drug-likeness (QED) is 0.726. The Morgan fingerprint density at radius 2 is 1.89 bits per heavy atom. The molecule has 1 N–H and O–H groups in total. The molecule has 0 aromatic rings. The standard InChI is InChI=1S/C17H24O2/c18-12-8-11-5-6-14-13-3-1-2-10(13)4-7-15(14)17(11)16(19)9-12/h8,10,13-17,19H,1-7,9H2/t10-,13+,14-,15+,16?,17+/m0/s1. The van der Waals surface area contributed by atoms with Gasteiger partial charge in [-0.05, 0) is 61.9 Å². The summed E-state index contributed by atoms with van der Waals surface area (Å²) in [5, 5.41) is 10.4. The van der Waals surface area contributed by atoms with E-state index in [1.807, 2.05) is 6.08 Å². The molecule has 0 aromatic heterocycles. The fraction of sp³-hybridized carbons (Fsp3) is 0.824. The highest BCUT2D eigenvalue weighted by atomic mass is 16.3. The molecule has 2 heteroatoms. The van der Waals surface area contributed by atoms with Crippen molar-refractivity contribution in [3.8, 4) is 0 Å². The molecule has 19 heavy (non-hydrogen) atoms. The Bertz CT molecular complexity index is 425. The first-order valence-electron chi connectivity index (χ1n) is 8.15. The van der Waals surface area contributed by atoms with E-state index in [9.17, 15) is 9.90 Å². The summed E-state index contributed by atoms with van der Waals surface area (Å²) in [5.74, 6) is 3.89. The fourth-order valence-corrected chi connectivity index (χ4v) is 5.87. The average Bonchev–Trinajstić information content (AvgIpc) is 2.85. The summed E-state index contributed by atoms with van der Waals surface area (Å²) in [6, 6.07) is 0. The number of hydrogen-bond acceptors (Lipinski definition) is 2. The Balaban J connectivity index is 1.64. The second-order valence-corrected chi connectivity index (χ2v) is 7.28. The van der Waals surface area contributed by atoms with Gasteiger partial charge in [0.25, 0.3) is 0 Å². The van der Waals surface area contributed by atoms with Crippen molar-refractivity contribution in [2.24, 2.45) is 29.6 Å². The molecule has 104 valence electrons. The highest BCUT2D eigenvalue weighted by Crippen LogP contribution is 2.56. The molecule has 0 aromatic carbocycles. The number of rotatable bonds is 0. The first-order valence-corrected chi connectivity index (χ1v) is 8.15. The molecule has 0 bridgehead atoms. The molecule has 0 spiro atoms. The fourth-order valence-electron chi connectivity index (χ4n) is 5.87. The van der Waals surface area contributed by atoms with E-state index in [0.717, 1.165) is 24.2 Å². The molecule has 6 atom stereocenters. The molecule has 0 radical (unpaired) electrons. The van der Waals surface area contributed by atoms with Gasteiger partial charge in [0.15, 0.2) is 5.78 Å². The Kier molecular flexibility index (Phi) is 2.84. The highest BCUT2D eigenvalue weighted by molar-refractivity contribution is 5.92. The van der Waals surface area contributed by atoms with Crippen molar-refractivity contribution in [1.82, 2.24) is 0 Å². The number of ketones is 1. The third-order valence-corrected chi connectivity index (χ3v) is 6.52. The molecule has 4 aliphatic carbocycles. The summed E-state index contributed by atoms with van der Waals surface area (Å²) in [4.78, 5) is 11.6. The Labute approximate surface area is 115 Å². The van der Waals surface area contributed by atoms with E-state index in [1.54, 1.807) is 0 Å². The van der Waals surface area contributed by atoms with Crippen LogP contribution in [0.3, 0.4) is 0 Å². The Morgan fingerprint density at radius 3 is 2.79 bits per heavy atom. The minimum Gasteiger partial charge on any atom is -0.392 e. The van der Waals surface area contributed by atoms with Gasteiger partial charge in [-0.1, -0.05) is 18.4 Å². The van der Waals surface area contributed by atoms with Crippen LogP contribution in [0, 0.1) is 29.6 Å². The molecule has 0 aliphatic heterocycles. The number of fused-ring (bicyclic) bond motifs is 5. The lowest BCUT2D eigenvalue weighted by molar-refractivity contribution is -0.119. The summed E-state index contributed by atoms with van der Waals surface area (Å²) < 4.78 is 0. The van der Waals surface area contributed by atoms with Gasteiger partial charge in [0, 0.05) is 12.3 Å². The molecule has 0 saturated heterocycles. The van der Waals surface area contributed by atoms with Gasteiger partial charge in [-0.15, -0.1) is 0 Å². The third kappa shape index (κ3) is 1.83. The van der Waals surface area contributed by atoms with Crippen LogP contribution in [-0.2, 0) is 4.79 Å². The molecule has 0 amide bonds. The normalized spacial score (nSPS) is 49.1. The zero-order valence-electron chi connectivity index (χ0n) is 11.6. The van der Waals surface area contributed by atoms with Gasteiger partial charge in [-0.25, -0.2) is 0 Å². The monoisotopic (exact) mass is 260 g/mol. The van der Waals surface area contributed by atoms with Crippen LogP contribution in [0.25, 0.3) is 0 Å². The van der Waals surface area contributed by atoms with Crippen molar-refractivity contribution in [2.75, 3.05) is 0 Å². The van der Waals surface area contributed by atoms with E-state index in [-0.39, 0.29) is 5.78 Å². The minimum atomic E-state index is -0.391. The number of aliphatic hydroxyl groups is 1. The van der Waals surface area contributed by atoms with Gasteiger partial charge in [0.2, 0.25) is 0 Å². The molecule has 1 unspecified atom stereocenters. The van der Waals surface area contributed by atoms with E-state index < -0.39 is 6.10 Å². The maximum atomic E-state index is 11.6. The molecule has 3 saturated carbocycles. The summed E-state index contributed by atoms with van der Waals surface area (Å²) in [5.41, 5.74) is 1.28. The van der Waals surface area contributed by atoms with Crippen molar-refractivity contribution in [1.29, 1.82) is 0 Å². The van der Waals surface area contributed by atoms with E-state index >= 15 is 0 Å². The van der Waals surface area contributed by atoms with Crippen molar-refractivity contribution in [3.05, 3.63) is 11.6 Å². The SMILES string of the molecule is O=C1C=C2CC[C@H]3[C@@H]4CCC[C@H]4CC[C@H]3[C@@H]2C(O)C1. The van der Waals surface area contributed by atoms with E-state index in [1.165, 1.54) is 44.1 Å². The number of carbonyl (C=O) groups is 1. The maximum absolute atomic E-state index is 11.6. The van der Waals surface area contributed by atoms with Crippen LogP contribution in [-0.4, -0.2) is 17.0 Å². The minimum absolute atomic E-state index is 0.145. The van der Waals surface area contributed by atoms with Gasteiger partial charge < -0.3 is 5.11 Å². The number of carbonyl (C=O) groups excluding carboxylic acids is 1. The molecular weight excluding hydrogens is 236 g/mol. The lowest BCUT2D eigenvalue weighted by atomic mass is 9.55. The third-order valence-electron chi connectivity index (χ3n) is 6.52. The Morgan fingerprint density at radius 1 is 1.00 bits per heavy atom. The van der Waals surface area contributed by atoms with Crippen molar-refractivity contribution >= 4 is 5.78 Å². The van der Waals surface area contributed by atoms with Crippen molar-refractivity contribution < 1.29 is 9.90 Å². The van der Waals surface area contributed by atoms with Crippen LogP contribution in [0.15, 0.2) is 11.6 Å². The van der Waals surface area contributed by atoms with Crippen LogP contribution < -0.4 is 0 Å². The van der Waals surface area contributed by atoms with Crippen molar-refractivity contribution in [2.45, 2.75) is 57.5 Å². The molecule has 0 heterocycles. The van der Waals surface area contributed by atoms with Crippen LogP contribution in [0.4, 0.5) is 0 Å². The van der Waals surface area contributed by atoms with E-state index in [4.69, 9.17) is 0 Å². The summed E-state index contributed by atoms with van der Waals surface area (Å²) >= 11 is 0.